The molecule has 0 aromatic heterocycles. The number of ether oxygens (including phenoxy) is 1. The van der Waals surface area contributed by atoms with Gasteiger partial charge in [-0.2, -0.15) is 5.26 Å². The van der Waals surface area contributed by atoms with E-state index < -0.39 is 11.9 Å². The monoisotopic (exact) mass is 398 g/mol. The lowest BCUT2D eigenvalue weighted by molar-refractivity contribution is -0.114. The lowest BCUT2D eigenvalue weighted by Gasteiger charge is -2.16. The highest BCUT2D eigenvalue weighted by Crippen LogP contribution is 2.24. The standard InChI is InChI=1S/C20H22N4O3S/c1-4-27-19-11-15(22-13(2)25)7-10-17(19)20(26)24-23-18(12-21)14-5-8-16(28-3)9-6-14/h5-11,18,23H,4H2,1-3H3,(H,22,25)(H,24,26)/t18-/m0/s1. The molecule has 0 spiro atoms. The Labute approximate surface area is 168 Å². The highest BCUT2D eigenvalue weighted by molar-refractivity contribution is 7.98. The maximum Gasteiger partial charge on any atom is 0.269 e. The number of hydrogen-bond acceptors (Lipinski definition) is 6. The second-order valence-corrected chi connectivity index (χ2v) is 6.64. The van der Waals surface area contributed by atoms with Crippen molar-refractivity contribution in [3.8, 4) is 11.8 Å². The van der Waals surface area contributed by atoms with E-state index in [1.54, 1.807) is 36.9 Å². The van der Waals surface area contributed by atoms with Gasteiger partial charge in [-0.15, -0.1) is 11.8 Å². The summed E-state index contributed by atoms with van der Waals surface area (Å²) in [6.45, 7) is 3.56. The lowest BCUT2D eigenvalue weighted by Crippen LogP contribution is -2.39. The van der Waals surface area contributed by atoms with Gasteiger partial charge in [0.05, 0.1) is 18.2 Å². The van der Waals surface area contributed by atoms with E-state index in [0.717, 1.165) is 10.5 Å². The first-order valence-corrected chi connectivity index (χ1v) is 9.84. The third kappa shape index (κ3) is 5.74. The van der Waals surface area contributed by atoms with Crippen molar-refractivity contribution in [2.24, 2.45) is 0 Å². The number of anilines is 1. The molecule has 2 rings (SSSR count). The van der Waals surface area contributed by atoms with E-state index in [9.17, 15) is 14.9 Å². The van der Waals surface area contributed by atoms with E-state index in [4.69, 9.17) is 4.74 Å². The normalized spacial score (nSPS) is 11.2. The minimum Gasteiger partial charge on any atom is -0.493 e. The number of carbonyl (C=O) groups excluding carboxylic acids is 2. The predicted molar refractivity (Wildman–Crippen MR) is 109 cm³/mol. The van der Waals surface area contributed by atoms with Crippen LogP contribution < -0.4 is 20.9 Å². The van der Waals surface area contributed by atoms with Crippen LogP contribution in [-0.4, -0.2) is 24.7 Å². The molecule has 8 heteroatoms. The van der Waals surface area contributed by atoms with Crippen LogP contribution >= 0.6 is 11.8 Å². The molecular weight excluding hydrogens is 376 g/mol. The van der Waals surface area contributed by atoms with Crippen molar-refractivity contribution in [1.29, 1.82) is 5.26 Å². The second-order valence-electron chi connectivity index (χ2n) is 5.76. The molecule has 2 aromatic carbocycles. The number of hydrazine groups is 1. The average molecular weight is 398 g/mol. The van der Waals surface area contributed by atoms with E-state index in [1.807, 2.05) is 30.5 Å². The fourth-order valence-electron chi connectivity index (χ4n) is 2.46. The minimum absolute atomic E-state index is 0.217. The van der Waals surface area contributed by atoms with Gasteiger partial charge in [0.1, 0.15) is 11.8 Å². The molecule has 0 aliphatic heterocycles. The van der Waals surface area contributed by atoms with Gasteiger partial charge in [-0.3, -0.25) is 15.0 Å². The Morgan fingerprint density at radius 3 is 2.50 bits per heavy atom. The molecule has 2 aromatic rings. The molecular formula is C20H22N4O3S. The first-order chi connectivity index (χ1) is 13.5. The molecule has 2 amide bonds. The van der Waals surface area contributed by atoms with Crippen LogP contribution in [0.1, 0.15) is 35.8 Å². The van der Waals surface area contributed by atoms with Crippen LogP contribution in [0.4, 0.5) is 5.69 Å². The van der Waals surface area contributed by atoms with Crippen LogP contribution in [-0.2, 0) is 4.79 Å². The van der Waals surface area contributed by atoms with Crippen molar-refractivity contribution in [2.75, 3.05) is 18.2 Å². The zero-order valence-corrected chi connectivity index (χ0v) is 16.7. The van der Waals surface area contributed by atoms with Crippen molar-refractivity contribution in [3.05, 3.63) is 53.6 Å². The van der Waals surface area contributed by atoms with Gasteiger partial charge in [-0.1, -0.05) is 12.1 Å². The van der Waals surface area contributed by atoms with Gasteiger partial charge in [-0.25, -0.2) is 5.43 Å². The molecule has 28 heavy (non-hydrogen) atoms. The Kier molecular flexibility index (Phi) is 7.87. The number of benzene rings is 2. The number of nitrogens with one attached hydrogen (secondary N) is 3. The smallest absolute Gasteiger partial charge is 0.269 e. The fraction of sp³-hybridized carbons (Fsp3) is 0.250. The quantitative estimate of drug-likeness (QED) is 0.466. The second kappa shape index (κ2) is 10.3. The van der Waals surface area contributed by atoms with Crippen molar-refractivity contribution in [2.45, 2.75) is 24.8 Å². The Balaban J connectivity index is 2.12. The van der Waals surface area contributed by atoms with E-state index in [1.165, 1.54) is 6.92 Å². The van der Waals surface area contributed by atoms with Crippen molar-refractivity contribution in [3.63, 3.8) is 0 Å². The predicted octanol–water partition coefficient (Wildman–Crippen LogP) is 3.26. The molecule has 0 unspecified atom stereocenters. The molecule has 7 nitrogen and oxygen atoms in total. The van der Waals surface area contributed by atoms with Gasteiger partial charge in [-0.05, 0) is 43.0 Å². The summed E-state index contributed by atoms with van der Waals surface area (Å²) in [6, 6.07) is 13.7. The van der Waals surface area contributed by atoms with Gasteiger partial charge in [0, 0.05) is 23.6 Å². The van der Waals surface area contributed by atoms with Gasteiger partial charge in [0.15, 0.2) is 0 Å². The van der Waals surface area contributed by atoms with Crippen LogP contribution in [0, 0.1) is 11.3 Å². The summed E-state index contributed by atoms with van der Waals surface area (Å²) < 4.78 is 5.52. The number of rotatable bonds is 8. The summed E-state index contributed by atoms with van der Waals surface area (Å²) in [5, 5.41) is 12.1. The fourth-order valence-corrected chi connectivity index (χ4v) is 2.87. The van der Waals surface area contributed by atoms with E-state index in [-0.39, 0.29) is 11.5 Å². The molecule has 0 aliphatic carbocycles. The Morgan fingerprint density at radius 1 is 1.21 bits per heavy atom. The number of hydrogen-bond donors (Lipinski definition) is 3. The molecule has 0 saturated carbocycles. The van der Waals surface area contributed by atoms with E-state index in [2.05, 4.69) is 22.2 Å². The highest BCUT2D eigenvalue weighted by atomic mass is 32.2. The number of thioether (sulfide) groups is 1. The van der Waals surface area contributed by atoms with Crippen LogP contribution in [0.5, 0.6) is 5.75 Å². The lowest BCUT2D eigenvalue weighted by atomic mass is 10.1. The molecule has 0 aliphatic rings. The van der Waals surface area contributed by atoms with Crippen LogP contribution in [0.25, 0.3) is 0 Å². The van der Waals surface area contributed by atoms with E-state index >= 15 is 0 Å². The highest BCUT2D eigenvalue weighted by Gasteiger charge is 2.16. The maximum absolute atomic E-state index is 12.6. The zero-order chi connectivity index (χ0) is 20.5. The number of nitrogens with zero attached hydrogens (tertiary/aromatic N) is 1. The molecule has 0 saturated heterocycles. The molecule has 0 fully saturated rings. The van der Waals surface area contributed by atoms with Crippen LogP contribution in [0.2, 0.25) is 0 Å². The SMILES string of the molecule is CCOc1cc(NC(C)=O)ccc1C(=O)NN[C@@H](C#N)c1ccc(SC)cc1. The third-order valence-electron chi connectivity index (χ3n) is 3.75. The minimum atomic E-state index is -0.700. The zero-order valence-electron chi connectivity index (χ0n) is 15.9. The molecule has 1 atom stereocenters. The molecule has 0 bridgehead atoms. The van der Waals surface area contributed by atoms with Crippen LogP contribution in [0.3, 0.4) is 0 Å². The summed E-state index contributed by atoms with van der Waals surface area (Å²) in [6.07, 6.45) is 1.97. The third-order valence-corrected chi connectivity index (χ3v) is 4.50. The summed E-state index contributed by atoms with van der Waals surface area (Å²) in [7, 11) is 0. The largest absolute Gasteiger partial charge is 0.493 e. The molecule has 0 heterocycles. The summed E-state index contributed by atoms with van der Waals surface area (Å²) in [5.74, 6) is -0.324. The van der Waals surface area contributed by atoms with Gasteiger partial charge >= 0.3 is 0 Å². The maximum atomic E-state index is 12.6. The first kappa shape index (κ1) is 21.3. The van der Waals surface area contributed by atoms with Crippen molar-refractivity contribution in [1.82, 2.24) is 10.9 Å². The van der Waals surface area contributed by atoms with Gasteiger partial charge < -0.3 is 10.1 Å². The van der Waals surface area contributed by atoms with Crippen LogP contribution in [0.15, 0.2) is 47.4 Å². The van der Waals surface area contributed by atoms with E-state index in [0.29, 0.717) is 18.0 Å². The Bertz CT molecular complexity index is 878. The summed E-state index contributed by atoms with van der Waals surface area (Å²) in [4.78, 5) is 24.9. The molecule has 146 valence electrons. The van der Waals surface area contributed by atoms with Crippen molar-refractivity contribution >= 4 is 29.3 Å². The van der Waals surface area contributed by atoms with Gasteiger partial charge in [0.2, 0.25) is 5.91 Å². The number of nitriles is 1. The Morgan fingerprint density at radius 2 is 1.93 bits per heavy atom. The number of carbonyl (C=O) groups is 2. The van der Waals surface area contributed by atoms with Gasteiger partial charge in [0.25, 0.3) is 5.91 Å². The molecule has 0 radical (unpaired) electrons. The average Bonchev–Trinajstić information content (AvgIpc) is 2.68. The number of amides is 2. The first-order valence-electron chi connectivity index (χ1n) is 8.62. The molecule has 3 N–H and O–H groups in total. The summed E-state index contributed by atoms with van der Waals surface area (Å²) >= 11 is 1.61. The van der Waals surface area contributed by atoms with Crippen molar-refractivity contribution < 1.29 is 14.3 Å². The summed E-state index contributed by atoms with van der Waals surface area (Å²) in [5.41, 5.74) is 6.86. The Hall–Kier alpha value is -3.02. The topological polar surface area (TPSA) is 103 Å².